The average Bonchev–Trinajstić information content (AvgIpc) is 2.53. The van der Waals surface area contributed by atoms with Crippen molar-refractivity contribution in [2.45, 2.75) is 26.4 Å². The zero-order valence-corrected chi connectivity index (χ0v) is 17.2. The van der Waals surface area contributed by atoms with Crippen molar-refractivity contribution in [2.24, 2.45) is 0 Å². The molecule has 1 aromatic rings. The first-order chi connectivity index (χ1) is 12.0. The summed E-state index contributed by atoms with van der Waals surface area (Å²) in [5, 5.41) is -0.452. The largest absolute Gasteiger partial charge is 0.417 e. The lowest BCUT2D eigenvalue weighted by atomic mass is 10.3. The van der Waals surface area contributed by atoms with Gasteiger partial charge in [-0.1, -0.05) is 18.5 Å². The summed E-state index contributed by atoms with van der Waals surface area (Å²) in [7, 11) is 2.82. The van der Waals surface area contributed by atoms with Crippen molar-refractivity contribution in [1.82, 2.24) is 9.88 Å². The fourth-order valence-corrected chi connectivity index (χ4v) is 6.47. The Morgan fingerprint density at radius 2 is 2.00 bits per heavy atom. The van der Waals surface area contributed by atoms with Gasteiger partial charge in [-0.2, -0.15) is 17.8 Å². The summed E-state index contributed by atoms with van der Waals surface area (Å²) in [6.45, 7) is -0.350. The summed E-state index contributed by atoms with van der Waals surface area (Å²) in [6.07, 6.45) is -3.45. The maximum Gasteiger partial charge on any atom is 0.417 e. The van der Waals surface area contributed by atoms with Gasteiger partial charge in [-0.05, 0) is 30.8 Å². The lowest BCUT2D eigenvalue weighted by Crippen LogP contribution is -2.37. The Bertz CT molecular complexity index is 691. The lowest BCUT2D eigenvalue weighted by Gasteiger charge is -2.31. The monoisotopic (exact) mass is 433 g/mol. The molecule has 0 bridgehead atoms. The maximum atomic E-state index is 13.4. The normalized spacial score (nSPS) is 14.0. The number of nitrogens with zero attached hydrogens (tertiary/aromatic N) is 3. The summed E-state index contributed by atoms with van der Waals surface area (Å²) < 4.78 is 58.0. The van der Waals surface area contributed by atoms with Gasteiger partial charge in [0.1, 0.15) is 0 Å². The van der Waals surface area contributed by atoms with Crippen molar-refractivity contribution >= 4 is 41.6 Å². The van der Waals surface area contributed by atoms with Gasteiger partial charge in [-0.15, -0.1) is 0 Å². The molecule has 0 aliphatic rings. The first kappa shape index (κ1) is 23.1. The quantitative estimate of drug-likeness (QED) is 0.529. The number of halogens is 4. The number of aromatic nitrogens is 1. The predicted molar refractivity (Wildman–Crippen MR) is 97.8 cm³/mol. The maximum absolute atomic E-state index is 13.4. The molecule has 0 fully saturated rings. The fraction of sp³-hybridized carbons (Fsp3) is 0.571. The smallest absolute Gasteiger partial charge is 0.330 e. The molecule has 0 radical (unpaired) electrons. The molecule has 2 amide bonds. The topological polar surface area (TPSA) is 62.7 Å². The Morgan fingerprint density at radius 3 is 2.42 bits per heavy atom. The lowest BCUT2D eigenvalue weighted by molar-refractivity contribution is -0.137. The van der Waals surface area contributed by atoms with E-state index < -0.39 is 29.5 Å². The van der Waals surface area contributed by atoms with E-state index in [0.717, 1.165) is 21.0 Å². The van der Waals surface area contributed by atoms with Gasteiger partial charge in [-0.25, -0.2) is 9.78 Å². The van der Waals surface area contributed by atoms with Gasteiger partial charge in [-0.3, -0.25) is 4.57 Å². The van der Waals surface area contributed by atoms with E-state index in [-0.39, 0.29) is 12.4 Å². The molecule has 0 aliphatic carbocycles. The van der Waals surface area contributed by atoms with Gasteiger partial charge in [0.05, 0.1) is 17.2 Å². The zero-order valence-electron chi connectivity index (χ0n) is 14.7. The minimum Gasteiger partial charge on any atom is -0.330 e. The van der Waals surface area contributed by atoms with E-state index in [2.05, 4.69) is 4.98 Å². The number of carbonyl (C=O) groups excluding carboxylic acids is 1. The van der Waals surface area contributed by atoms with Crippen molar-refractivity contribution in [1.29, 1.82) is 0 Å². The van der Waals surface area contributed by atoms with Crippen LogP contribution in [0.25, 0.3) is 0 Å². The predicted octanol–water partition coefficient (Wildman–Crippen LogP) is 5.53. The molecule has 0 spiro atoms. The summed E-state index contributed by atoms with van der Waals surface area (Å²) in [6, 6.07) is -0.125. The highest BCUT2D eigenvalue weighted by molar-refractivity contribution is 8.57. The third-order valence-electron chi connectivity index (χ3n) is 2.91. The molecule has 0 saturated heterocycles. The molecule has 1 atom stereocenters. The Kier molecular flexibility index (Phi) is 8.26. The van der Waals surface area contributed by atoms with Gasteiger partial charge in [0.2, 0.25) is 0 Å². The number of pyridine rings is 1. The van der Waals surface area contributed by atoms with E-state index in [1.165, 1.54) is 14.1 Å². The third-order valence-corrected chi connectivity index (χ3v) is 7.87. The van der Waals surface area contributed by atoms with Crippen molar-refractivity contribution in [3.05, 3.63) is 22.8 Å². The SMILES string of the molecule is CCCSP(=O)(OCC)N(C(=O)N(C)C)c1ncc(C(F)(F)F)cc1Cl. The number of hydrogen-bond acceptors (Lipinski definition) is 5. The zero-order chi connectivity index (χ0) is 20.1. The number of carbonyl (C=O) groups is 1. The van der Waals surface area contributed by atoms with Crippen LogP contribution < -0.4 is 4.67 Å². The van der Waals surface area contributed by atoms with Crippen LogP contribution in [0, 0.1) is 0 Å². The van der Waals surface area contributed by atoms with Crippen molar-refractivity contribution in [3.63, 3.8) is 0 Å². The highest BCUT2D eigenvalue weighted by Gasteiger charge is 2.41. The van der Waals surface area contributed by atoms with Gasteiger partial charge in [0.15, 0.2) is 5.82 Å². The molecule has 26 heavy (non-hydrogen) atoms. The van der Waals surface area contributed by atoms with E-state index in [1.807, 2.05) is 6.92 Å². The third kappa shape index (κ3) is 5.52. The second-order valence-electron chi connectivity index (χ2n) is 5.24. The van der Waals surface area contributed by atoms with Crippen molar-refractivity contribution < 1.29 is 27.1 Å². The second-order valence-corrected chi connectivity index (χ2v) is 10.1. The van der Waals surface area contributed by atoms with Crippen LogP contribution in [0.3, 0.4) is 0 Å². The van der Waals surface area contributed by atoms with Crippen LogP contribution in [0.4, 0.5) is 23.8 Å². The van der Waals surface area contributed by atoms with Gasteiger partial charge in [0, 0.05) is 26.0 Å². The number of urea groups is 1. The van der Waals surface area contributed by atoms with Crippen LogP contribution in [0.5, 0.6) is 0 Å². The fourth-order valence-electron chi connectivity index (χ4n) is 1.76. The van der Waals surface area contributed by atoms with Crippen molar-refractivity contribution in [2.75, 3.05) is 31.1 Å². The van der Waals surface area contributed by atoms with Crippen LogP contribution >= 0.6 is 29.7 Å². The summed E-state index contributed by atoms with van der Waals surface area (Å²) >= 11 is 6.86. The van der Waals surface area contributed by atoms with Gasteiger partial charge in [0.25, 0.3) is 0 Å². The second kappa shape index (κ2) is 9.30. The number of rotatable bonds is 7. The highest BCUT2D eigenvalue weighted by atomic mass is 35.5. The summed E-state index contributed by atoms with van der Waals surface area (Å²) in [5.74, 6) is 0.0611. The molecule has 1 unspecified atom stereocenters. The van der Waals surface area contributed by atoms with Crippen LogP contribution in [0.1, 0.15) is 25.8 Å². The molecule has 1 heterocycles. The van der Waals surface area contributed by atoms with E-state index in [4.69, 9.17) is 16.1 Å². The van der Waals surface area contributed by atoms with Crippen LogP contribution in [-0.4, -0.2) is 42.4 Å². The van der Waals surface area contributed by atoms with E-state index >= 15 is 0 Å². The summed E-state index contributed by atoms with van der Waals surface area (Å²) in [4.78, 5) is 17.4. The standard InChI is InChI=1S/C14H20ClF3N3O3PS/c1-5-7-26-25(23,24-6-2)21(13(22)20(3)4)12-11(15)8-10(9-19-12)14(16,17)18/h8-9H,5-7H2,1-4H3. The Hall–Kier alpha value is -0.960. The number of hydrogen-bond donors (Lipinski definition) is 0. The van der Waals surface area contributed by atoms with E-state index in [0.29, 0.717) is 24.4 Å². The molecule has 0 aromatic carbocycles. The molecule has 0 N–H and O–H groups in total. The molecule has 0 aliphatic heterocycles. The Labute approximate surface area is 159 Å². The minimum absolute atomic E-state index is 0.0312. The van der Waals surface area contributed by atoms with Gasteiger partial charge >= 0.3 is 18.9 Å². The van der Waals surface area contributed by atoms with E-state index in [9.17, 15) is 22.5 Å². The van der Waals surface area contributed by atoms with Crippen LogP contribution in [-0.2, 0) is 15.3 Å². The van der Waals surface area contributed by atoms with Crippen LogP contribution in [0.2, 0.25) is 5.02 Å². The Morgan fingerprint density at radius 1 is 1.38 bits per heavy atom. The first-order valence-corrected chi connectivity index (χ1v) is 11.2. The minimum atomic E-state index is -4.65. The van der Waals surface area contributed by atoms with Crippen LogP contribution in [0.15, 0.2) is 12.3 Å². The molecule has 1 aromatic heterocycles. The molecular formula is C14H20ClF3N3O3PS. The Balaban J connectivity index is 3.52. The molecule has 1 rings (SSSR count). The number of amides is 2. The molecule has 12 heteroatoms. The highest BCUT2D eigenvalue weighted by Crippen LogP contribution is 2.64. The molecule has 148 valence electrons. The van der Waals surface area contributed by atoms with E-state index in [1.54, 1.807) is 6.92 Å². The first-order valence-electron chi connectivity index (χ1n) is 7.61. The number of anilines is 1. The van der Waals surface area contributed by atoms with Crippen molar-refractivity contribution in [3.8, 4) is 0 Å². The average molecular weight is 434 g/mol. The molecular weight excluding hydrogens is 414 g/mol. The number of alkyl halides is 3. The molecule has 0 saturated carbocycles. The summed E-state index contributed by atoms with van der Waals surface area (Å²) in [5.41, 5.74) is -1.07. The van der Waals surface area contributed by atoms with Gasteiger partial charge < -0.3 is 9.42 Å². The molecule has 6 nitrogen and oxygen atoms in total.